The van der Waals surface area contributed by atoms with Gasteiger partial charge in [0.05, 0.1) is 0 Å². The third kappa shape index (κ3) is 24.0. The van der Waals surface area contributed by atoms with Gasteiger partial charge >= 0.3 is 28.9 Å². The minimum absolute atomic E-state index is 0. The van der Waals surface area contributed by atoms with E-state index in [4.69, 9.17) is 0 Å². The Morgan fingerprint density at radius 2 is 1.25 bits per heavy atom. The first kappa shape index (κ1) is 25.4. The summed E-state index contributed by atoms with van der Waals surface area (Å²) in [5, 5.41) is 0. The normalized spacial score (nSPS) is 11.5. The van der Waals surface area contributed by atoms with Crippen LogP contribution in [0.25, 0.3) is 0 Å². The van der Waals surface area contributed by atoms with E-state index in [1.807, 2.05) is 24.3 Å². The van der Waals surface area contributed by atoms with Crippen LogP contribution in [0, 0.1) is 19.1 Å². The van der Waals surface area contributed by atoms with E-state index in [0.29, 0.717) is 0 Å². The van der Waals surface area contributed by atoms with Gasteiger partial charge in [-0.05, 0) is 0 Å². The van der Waals surface area contributed by atoms with Gasteiger partial charge in [0, 0.05) is 0 Å². The van der Waals surface area contributed by atoms with Crippen LogP contribution in [0.3, 0.4) is 0 Å². The summed E-state index contributed by atoms with van der Waals surface area (Å²) in [6, 6.07) is 0. The van der Waals surface area contributed by atoms with Crippen molar-refractivity contribution in [2.45, 2.75) is 19.8 Å². The van der Waals surface area contributed by atoms with Crippen LogP contribution < -0.4 is 0 Å². The first-order valence-electron chi connectivity index (χ1n) is 4.43. The predicted molar refractivity (Wildman–Crippen MR) is 74.4 cm³/mol. The Labute approximate surface area is 128 Å². The zero-order valence-electron chi connectivity index (χ0n) is 9.48. The van der Waals surface area contributed by atoms with Crippen molar-refractivity contribution in [3.05, 3.63) is 55.5 Å². The fourth-order valence-electron chi connectivity index (χ4n) is 0.680. The third-order valence-electron chi connectivity index (χ3n) is 1.17. The number of hydrogen-bond donors (Lipinski definition) is 0. The van der Waals surface area contributed by atoms with E-state index < -0.39 is 0 Å². The van der Waals surface area contributed by atoms with E-state index in [-0.39, 0.29) is 24.8 Å². The maximum Gasteiger partial charge on any atom is -0.109 e. The molecule has 0 unspecified atom stereocenters. The molecule has 0 saturated carbocycles. The average molecular weight is 334 g/mol. The van der Waals surface area contributed by atoms with Crippen LogP contribution >= 0.6 is 24.8 Å². The molecule has 0 aromatic rings. The molecule has 0 nitrogen and oxygen atoms in total. The molecule has 0 amide bonds. The van der Waals surface area contributed by atoms with Gasteiger partial charge in [0.25, 0.3) is 0 Å². The molecule has 2 rings (SSSR count). The Morgan fingerprint density at radius 1 is 0.938 bits per heavy atom. The van der Waals surface area contributed by atoms with Gasteiger partial charge in [-0.2, -0.15) is 19.1 Å². The van der Waals surface area contributed by atoms with E-state index in [0.717, 1.165) is 36.8 Å². The van der Waals surface area contributed by atoms with Gasteiger partial charge in [-0.25, -0.2) is 24.3 Å². The number of allylic oxidation sites excluding steroid dienone is 8. The fourth-order valence-corrected chi connectivity index (χ4v) is 0.680. The van der Waals surface area contributed by atoms with Crippen molar-refractivity contribution in [2.24, 2.45) is 0 Å². The predicted octanol–water partition coefficient (Wildman–Crippen LogP) is 3.91. The summed E-state index contributed by atoms with van der Waals surface area (Å²) in [7, 11) is 0. The van der Waals surface area contributed by atoms with Gasteiger partial charge in [-0.15, -0.1) is 37.7 Å². The molecule has 0 N–H and O–H groups in total. The van der Waals surface area contributed by atoms with Gasteiger partial charge in [-0.1, -0.05) is 0 Å². The fraction of sp³-hybridized carbons (Fsp3) is 0.250. The molecule has 89 valence electrons. The van der Waals surface area contributed by atoms with Gasteiger partial charge in [0.1, 0.15) is 0 Å². The Bertz CT molecular complexity index is 169. The molecule has 4 heteroatoms. The van der Waals surface area contributed by atoms with Crippen molar-refractivity contribution in [3.8, 4) is 0 Å². The molecule has 0 bridgehead atoms. The van der Waals surface area contributed by atoms with E-state index in [1.54, 1.807) is 6.92 Å². The Hall–Kier alpha value is 0.488. The average Bonchev–Trinajstić information content (AvgIpc) is 3.01. The van der Waals surface area contributed by atoms with Crippen LogP contribution in [0.5, 0.6) is 0 Å². The second-order valence-corrected chi connectivity index (χ2v) is 2.01. The smallest absolute Gasteiger partial charge is 0.109 e. The largest absolute Gasteiger partial charge is 0.346 e. The van der Waals surface area contributed by atoms with Crippen LogP contribution in [0.1, 0.15) is 19.8 Å². The second-order valence-electron chi connectivity index (χ2n) is 2.01. The standard InChI is InChI=1S/2C5H5.C2H5.B.2ClH.Zr/c2*1-2-4-5-3-1;1-2;;;;/h2*1-3H,4H2;1H2,2H3;;2*1H;/q3*-1;;;;. The first-order chi connectivity index (χ1) is 7.00. The van der Waals surface area contributed by atoms with Gasteiger partial charge in [0.15, 0.2) is 0 Å². The third-order valence-corrected chi connectivity index (χ3v) is 1.17. The zero-order chi connectivity index (χ0) is 11.1. The van der Waals surface area contributed by atoms with Crippen molar-refractivity contribution in [2.75, 3.05) is 0 Å². The molecule has 0 aliphatic heterocycles. The number of hydrogen-bond acceptors (Lipinski definition) is 0. The Kier molecular flexibility index (Phi) is 46.8. The van der Waals surface area contributed by atoms with Gasteiger partial charge in [-0.3, -0.25) is 12.2 Å². The molecule has 0 heterocycles. The minimum atomic E-state index is 0. The summed E-state index contributed by atoms with van der Waals surface area (Å²) < 4.78 is 0. The maximum absolute atomic E-state index is 4.59. The molecule has 0 aromatic carbocycles. The quantitative estimate of drug-likeness (QED) is 0.465. The second kappa shape index (κ2) is 29.6. The SMILES string of the molecule is Cl.Cl.[B]=[Zr].[C-]1=CC=CC1.[C-]1=CC=CC1.[CH2-]C. The molecular weight excluding hydrogens is 317 g/mol. The van der Waals surface area contributed by atoms with E-state index in [2.05, 4.69) is 36.2 Å². The van der Waals surface area contributed by atoms with Crippen molar-refractivity contribution in [1.29, 1.82) is 0 Å². The molecule has 0 atom stereocenters. The summed E-state index contributed by atoms with van der Waals surface area (Å²) in [4.78, 5) is 4.59. The maximum atomic E-state index is 4.59. The molecule has 16 heavy (non-hydrogen) atoms. The summed E-state index contributed by atoms with van der Waals surface area (Å²) in [5.74, 6) is 0. The van der Waals surface area contributed by atoms with Crippen LogP contribution in [-0.4, -0.2) is 4.94 Å². The van der Waals surface area contributed by atoms with Gasteiger partial charge in [0.2, 0.25) is 0 Å². The van der Waals surface area contributed by atoms with Crippen LogP contribution in [0.4, 0.5) is 0 Å². The zero-order valence-corrected chi connectivity index (χ0v) is 13.6. The molecule has 0 spiro atoms. The van der Waals surface area contributed by atoms with Crippen molar-refractivity contribution in [1.82, 2.24) is 0 Å². The van der Waals surface area contributed by atoms with Crippen molar-refractivity contribution in [3.63, 3.8) is 0 Å². The van der Waals surface area contributed by atoms with E-state index >= 15 is 0 Å². The van der Waals surface area contributed by atoms with Crippen molar-refractivity contribution >= 4 is 29.8 Å². The first-order valence-corrected chi connectivity index (χ1v) is 5.85. The van der Waals surface area contributed by atoms with Crippen molar-refractivity contribution < 1.29 is 24.0 Å². The van der Waals surface area contributed by atoms with E-state index in [1.165, 1.54) is 0 Å². The Balaban J connectivity index is -0.0000000631. The molecule has 1 radical (unpaired) electrons. The molecular formula is C12H17BCl2Zr-3. The number of rotatable bonds is 0. The summed E-state index contributed by atoms with van der Waals surface area (Å²) in [6.07, 6.45) is 20.0. The number of halogens is 2. The minimum Gasteiger partial charge on any atom is -0.346 e. The molecule has 0 saturated heterocycles. The summed E-state index contributed by atoms with van der Waals surface area (Å²) in [6.45, 7) is 5.00. The molecule has 0 fully saturated rings. The van der Waals surface area contributed by atoms with E-state index in [9.17, 15) is 0 Å². The molecule has 2 aliphatic carbocycles. The Morgan fingerprint density at radius 3 is 1.31 bits per heavy atom. The summed E-state index contributed by atoms with van der Waals surface area (Å²) in [5.41, 5.74) is 0. The van der Waals surface area contributed by atoms with Crippen LogP contribution in [0.2, 0.25) is 0 Å². The molecule has 2 aliphatic rings. The monoisotopic (exact) mass is 332 g/mol. The molecule has 0 aromatic heterocycles. The van der Waals surface area contributed by atoms with Crippen LogP contribution in [0.15, 0.2) is 36.5 Å². The van der Waals surface area contributed by atoms with Gasteiger partial charge < -0.3 is 6.92 Å². The topological polar surface area (TPSA) is 0 Å². The van der Waals surface area contributed by atoms with Crippen LogP contribution in [-0.2, 0) is 24.0 Å². The summed E-state index contributed by atoms with van der Waals surface area (Å²) >= 11 is 1.05.